The number of hydrogen-bond acceptors (Lipinski definition) is 3. The summed E-state index contributed by atoms with van der Waals surface area (Å²) in [6.45, 7) is 4.46. The topological polar surface area (TPSA) is 60.8 Å². The molecule has 0 unspecified atom stereocenters. The number of hydrogen-bond donors (Lipinski definition) is 2. The number of rotatable bonds is 2. The molecule has 0 aliphatic carbocycles. The van der Waals surface area contributed by atoms with E-state index >= 15 is 0 Å². The van der Waals surface area contributed by atoms with Crippen LogP contribution in [0.5, 0.6) is 0 Å². The molecule has 70 valence electrons. The van der Waals surface area contributed by atoms with Crippen molar-refractivity contribution in [3.8, 4) is 0 Å². The molecule has 1 fully saturated rings. The molecule has 1 saturated heterocycles. The Morgan fingerprint density at radius 3 is 2.50 bits per heavy atom. The van der Waals surface area contributed by atoms with Crippen LogP contribution >= 0.6 is 0 Å². The number of carbonyl (C=O) groups is 1. The third-order valence-electron chi connectivity index (χ3n) is 2.48. The Balaban J connectivity index is 2.63. The van der Waals surface area contributed by atoms with E-state index in [4.69, 9.17) is 5.11 Å². The second-order valence-corrected chi connectivity index (χ2v) is 3.75. The number of nitrogens with zero attached hydrogens (tertiary/aromatic N) is 1. The average Bonchev–Trinajstić information content (AvgIpc) is 2.35. The van der Waals surface area contributed by atoms with Crippen molar-refractivity contribution in [2.45, 2.75) is 31.9 Å². The first-order valence-electron chi connectivity index (χ1n) is 4.11. The molecule has 0 saturated carbocycles. The van der Waals surface area contributed by atoms with Crippen molar-refractivity contribution in [1.82, 2.24) is 4.90 Å². The Bertz CT molecular complexity index is 191. The van der Waals surface area contributed by atoms with Gasteiger partial charge in [0.05, 0.1) is 6.10 Å². The highest BCUT2D eigenvalue weighted by Crippen LogP contribution is 2.21. The van der Waals surface area contributed by atoms with Crippen molar-refractivity contribution in [2.24, 2.45) is 0 Å². The fourth-order valence-electron chi connectivity index (χ4n) is 1.38. The Morgan fingerprint density at radius 1 is 1.58 bits per heavy atom. The monoisotopic (exact) mass is 173 g/mol. The minimum atomic E-state index is -0.850. The van der Waals surface area contributed by atoms with Crippen LogP contribution in [0.15, 0.2) is 0 Å². The third kappa shape index (κ3) is 1.59. The lowest BCUT2D eigenvalue weighted by molar-refractivity contribution is -0.148. The van der Waals surface area contributed by atoms with Crippen LogP contribution in [0.4, 0.5) is 0 Å². The first-order valence-corrected chi connectivity index (χ1v) is 4.11. The molecule has 0 aromatic heterocycles. The Morgan fingerprint density at radius 2 is 2.17 bits per heavy atom. The van der Waals surface area contributed by atoms with Gasteiger partial charge in [-0.1, -0.05) is 0 Å². The molecule has 1 heterocycles. The van der Waals surface area contributed by atoms with E-state index < -0.39 is 11.5 Å². The van der Waals surface area contributed by atoms with Gasteiger partial charge >= 0.3 is 5.97 Å². The molecule has 2 N–H and O–H groups in total. The largest absolute Gasteiger partial charge is 0.480 e. The van der Waals surface area contributed by atoms with E-state index in [1.54, 1.807) is 18.7 Å². The number of likely N-dealkylation sites (tertiary alicyclic amines) is 1. The zero-order valence-corrected chi connectivity index (χ0v) is 7.45. The molecule has 1 atom stereocenters. The summed E-state index contributed by atoms with van der Waals surface area (Å²) >= 11 is 0. The zero-order chi connectivity index (χ0) is 9.35. The summed E-state index contributed by atoms with van der Waals surface area (Å²) in [5.74, 6) is -0.836. The molecular weight excluding hydrogens is 158 g/mol. The molecule has 4 nitrogen and oxygen atoms in total. The van der Waals surface area contributed by atoms with E-state index in [2.05, 4.69) is 0 Å². The third-order valence-corrected chi connectivity index (χ3v) is 2.48. The molecule has 1 rings (SSSR count). The maximum absolute atomic E-state index is 10.8. The van der Waals surface area contributed by atoms with E-state index in [9.17, 15) is 9.90 Å². The summed E-state index contributed by atoms with van der Waals surface area (Å²) < 4.78 is 0. The van der Waals surface area contributed by atoms with Gasteiger partial charge < -0.3 is 10.2 Å². The predicted octanol–water partition coefficient (Wildman–Crippen LogP) is -0.0838. The Hall–Kier alpha value is -0.610. The van der Waals surface area contributed by atoms with Gasteiger partial charge in [0.1, 0.15) is 5.54 Å². The molecular formula is C8H15NO3. The summed E-state index contributed by atoms with van der Waals surface area (Å²) in [6.07, 6.45) is 0.320. The number of aliphatic hydroxyl groups excluding tert-OH is 1. The maximum Gasteiger partial charge on any atom is 0.323 e. The fourth-order valence-corrected chi connectivity index (χ4v) is 1.38. The van der Waals surface area contributed by atoms with Gasteiger partial charge in [-0.25, -0.2) is 0 Å². The second-order valence-electron chi connectivity index (χ2n) is 3.75. The first kappa shape index (κ1) is 9.48. The van der Waals surface area contributed by atoms with Gasteiger partial charge in [-0.05, 0) is 20.3 Å². The lowest BCUT2D eigenvalue weighted by atomic mass is 10.0. The average molecular weight is 173 g/mol. The molecule has 0 aromatic rings. The van der Waals surface area contributed by atoms with Crippen molar-refractivity contribution in [3.63, 3.8) is 0 Å². The van der Waals surface area contributed by atoms with Crippen LogP contribution in [0.25, 0.3) is 0 Å². The highest BCUT2D eigenvalue weighted by atomic mass is 16.4. The van der Waals surface area contributed by atoms with Crippen molar-refractivity contribution in [3.05, 3.63) is 0 Å². The van der Waals surface area contributed by atoms with Crippen LogP contribution in [0, 0.1) is 0 Å². The SMILES string of the molecule is CC(C)(C(=O)O)N1CC[C@@H](O)C1. The molecule has 0 radical (unpaired) electrons. The van der Waals surface area contributed by atoms with Crippen molar-refractivity contribution in [1.29, 1.82) is 0 Å². The standard InChI is InChI=1S/C8H15NO3/c1-8(2,7(11)12)9-4-3-6(10)5-9/h6,10H,3-5H2,1-2H3,(H,11,12)/t6-/m1/s1. The molecule has 0 bridgehead atoms. The molecule has 0 spiro atoms. The van der Waals surface area contributed by atoms with Crippen LogP contribution in [-0.2, 0) is 4.79 Å². The summed E-state index contributed by atoms with van der Waals surface area (Å²) in [7, 11) is 0. The van der Waals surface area contributed by atoms with Crippen LogP contribution in [0.3, 0.4) is 0 Å². The quantitative estimate of drug-likeness (QED) is 0.613. The van der Waals surface area contributed by atoms with Crippen molar-refractivity contribution < 1.29 is 15.0 Å². The molecule has 0 aromatic carbocycles. The number of β-amino-alcohol motifs (C(OH)–C–C–N with tert-alkyl or cyclic N) is 1. The fraction of sp³-hybridized carbons (Fsp3) is 0.875. The molecule has 12 heavy (non-hydrogen) atoms. The van der Waals surface area contributed by atoms with E-state index in [0.29, 0.717) is 19.5 Å². The van der Waals surface area contributed by atoms with E-state index in [1.165, 1.54) is 0 Å². The Kier molecular flexibility index (Phi) is 2.39. The number of carboxylic acids is 1. The minimum Gasteiger partial charge on any atom is -0.480 e. The second kappa shape index (κ2) is 3.03. The number of aliphatic carboxylic acids is 1. The Labute approximate surface area is 71.8 Å². The highest BCUT2D eigenvalue weighted by Gasteiger charge is 2.38. The van der Waals surface area contributed by atoms with Crippen LogP contribution in [0.2, 0.25) is 0 Å². The lowest BCUT2D eigenvalue weighted by Crippen LogP contribution is -2.49. The van der Waals surface area contributed by atoms with E-state index in [0.717, 1.165) is 0 Å². The summed E-state index contributed by atoms with van der Waals surface area (Å²) in [6, 6.07) is 0. The number of aliphatic hydroxyl groups is 1. The smallest absolute Gasteiger partial charge is 0.323 e. The van der Waals surface area contributed by atoms with Gasteiger partial charge in [-0.3, -0.25) is 9.69 Å². The minimum absolute atomic E-state index is 0.358. The van der Waals surface area contributed by atoms with Crippen LogP contribution in [-0.4, -0.2) is 45.8 Å². The van der Waals surface area contributed by atoms with Crippen molar-refractivity contribution in [2.75, 3.05) is 13.1 Å². The molecule has 1 aliphatic rings. The van der Waals surface area contributed by atoms with Gasteiger partial charge in [0.15, 0.2) is 0 Å². The van der Waals surface area contributed by atoms with E-state index in [1.807, 2.05) is 0 Å². The highest BCUT2D eigenvalue weighted by molar-refractivity contribution is 5.77. The summed E-state index contributed by atoms with van der Waals surface area (Å²) in [4.78, 5) is 12.6. The van der Waals surface area contributed by atoms with Gasteiger partial charge in [0.25, 0.3) is 0 Å². The molecule has 4 heteroatoms. The van der Waals surface area contributed by atoms with Gasteiger partial charge in [-0.15, -0.1) is 0 Å². The van der Waals surface area contributed by atoms with Gasteiger partial charge in [0.2, 0.25) is 0 Å². The molecule has 1 aliphatic heterocycles. The van der Waals surface area contributed by atoms with Crippen LogP contribution < -0.4 is 0 Å². The summed E-state index contributed by atoms with van der Waals surface area (Å²) in [5, 5.41) is 18.1. The normalized spacial score (nSPS) is 26.1. The number of carboxylic acid groups (broad SMARTS) is 1. The van der Waals surface area contributed by atoms with E-state index in [-0.39, 0.29) is 6.10 Å². The van der Waals surface area contributed by atoms with Gasteiger partial charge in [0, 0.05) is 13.1 Å². The summed E-state index contributed by atoms with van der Waals surface area (Å²) in [5.41, 5.74) is -0.850. The zero-order valence-electron chi connectivity index (χ0n) is 7.45. The first-order chi connectivity index (χ1) is 5.44. The molecule has 0 amide bonds. The maximum atomic E-state index is 10.8. The van der Waals surface area contributed by atoms with Gasteiger partial charge in [-0.2, -0.15) is 0 Å². The van der Waals surface area contributed by atoms with Crippen LogP contribution in [0.1, 0.15) is 20.3 Å². The predicted molar refractivity (Wildman–Crippen MR) is 43.9 cm³/mol. The van der Waals surface area contributed by atoms with Crippen molar-refractivity contribution >= 4 is 5.97 Å². The lowest BCUT2D eigenvalue weighted by Gasteiger charge is -2.30.